The van der Waals surface area contributed by atoms with Crippen LogP contribution >= 0.6 is 0 Å². The number of nitrogens with two attached hydrogens (primary N) is 1. The Morgan fingerprint density at radius 1 is 1.21 bits per heavy atom. The Morgan fingerprint density at radius 2 is 2.00 bits per heavy atom. The van der Waals surface area contributed by atoms with Gasteiger partial charge in [0, 0.05) is 0 Å². The fourth-order valence-corrected chi connectivity index (χ4v) is 1.61. The van der Waals surface area contributed by atoms with E-state index in [0.29, 0.717) is 28.2 Å². The number of nitrogens with zero attached hydrogens (tertiary/aromatic N) is 4. The quantitative estimate of drug-likeness (QED) is 0.716. The molecule has 0 bridgehead atoms. The molecular weight excluding hydrogens is 244 g/mol. The third-order valence-corrected chi connectivity index (χ3v) is 2.49. The number of nitrogens with one attached hydrogen (secondary N) is 1. The highest BCUT2D eigenvalue weighted by molar-refractivity contribution is 5.80. The number of aromatic amines is 1. The van der Waals surface area contributed by atoms with E-state index in [-0.39, 0.29) is 5.95 Å². The lowest BCUT2D eigenvalue weighted by atomic mass is 10.2. The Labute approximate surface area is 107 Å². The topological polar surface area (TPSA) is 113 Å². The van der Waals surface area contributed by atoms with Crippen molar-refractivity contribution in [2.75, 3.05) is 5.73 Å². The molecule has 7 nitrogen and oxygen atoms in total. The SMILES string of the molecule is N#Cc1ccc(Oc2nc(N)nc3[nH]ncc23)cc1. The smallest absolute Gasteiger partial charge is 0.235 e. The number of rotatable bonds is 2. The second-order valence-corrected chi connectivity index (χ2v) is 3.76. The molecule has 0 aliphatic rings. The van der Waals surface area contributed by atoms with Crippen LogP contribution in [0.2, 0.25) is 0 Å². The summed E-state index contributed by atoms with van der Waals surface area (Å²) in [6.45, 7) is 0. The van der Waals surface area contributed by atoms with Crippen molar-refractivity contribution in [1.29, 1.82) is 5.26 Å². The van der Waals surface area contributed by atoms with Gasteiger partial charge in [-0.05, 0) is 24.3 Å². The van der Waals surface area contributed by atoms with Crippen molar-refractivity contribution >= 4 is 17.0 Å². The van der Waals surface area contributed by atoms with Crippen molar-refractivity contribution in [3.8, 4) is 17.7 Å². The minimum Gasteiger partial charge on any atom is -0.438 e. The highest BCUT2D eigenvalue weighted by Crippen LogP contribution is 2.26. The summed E-state index contributed by atoms with van der Waals surface area (Å²) < 4.78 is 5.63. The summed E-state index contributed by atoms with van der Waals surface area (Å²) in [6.07, 6.45) is 1.56. The van der Waals surface area contributed by atoms with Crippen molar-refractivity contribution < 1.29 is 4.74 Å². The Kier molecular flexibility index (Phi) is 2.47. The van der Waals surface area contributed by atoms with E-state index in [0.717, 1.165) is 0 Å². The molecule has 3 N–H and O–H groups in total. The van der Waals surface area contributed by atoms with Gasteiger partial charge in [-0.2, -0.15) is 20.3 Å². The van der Waals surface area contributed by atoms with E-state index in [2.05, 4.69) is 20.2 Å². The molecule has 3 aromatic rings. The number of fused-ring (bicyclic) bond motifs is 1. The minimum absolute atomic E-state index is 0.0976. The van der Waals surface area contributed by atoms with Crippen LogP contribution in [0.3, 0.4) is 0 Å². The summed E-state index contributed by atoms with van der Waals surface area (Å²) in [7, 11) is 0. The lowest BCUT2D eigenvalue weighted by molar-refractivity contribution is 0.469. The first kappa shape index (κ1) is 11.0. The number of H-pyrrole nitrogens is 1. The second kappa shape index (κ2) is 4.27. The van der Waals surface area contributed by atoms with Gasteiger partial charge in [-0.15, -0.1) is 0 Å². The summed E-state index contributed by atoms with van der Waals surface area (Å²) in [6, 6.07) is 8.72. The average molecular weight is 252 g/mol. The van der Waals surface area contributed by atoms with Crippen LogP contribution < -0.4 is 10.5 Å². The summed E-state index contributed by atoms with van der Waals surface area (Å²) in [5.41, 5.74) is 6.66. The fraction of sp³-hybridized carbons (Fsp3) is 0. The average Bonchev–Trinajstić information content (AvgIpc) is 2.88. The van der Waals surface area contributed by atoms with Crippen LogP contribution in [0.4, 0.5) is 5.95 Å². The monoisotopic (exact) mass is 252 g/mol. The Bertz CT molecular complexity index is 771. The molecule has 0 radical (unpaired) electrons. The predicted molar refractivity (Wildman–Crippen MR) is 67.3 cm³/mol. The molecule has 0 saturated heterocycles. The molecule has 0 spiro atoms. The van der Waals surface area contributed by atoms with E-state index < -0.39 is 0 Å². The molecule has 19 heavy (non-hydrogen) atoms. The second-order valence-electron chi connectivity index (χ2n) is 3.76. The Hall–Kier alpha value is -3.14. The van der Waals surface area contributed by atoms with Crippen molar-refractivity contribution in [3.63, 3.8) is 0 Å². The zero-order valence-electron chi connectivity index (χ0n) is 9.66. The molecule has 0 unspecified atom stereocenters. The Balaban J connectivity index is 2.00. The molecule has 0 fully saturated rings. The molecule has 0 amide bonds. The molecule has 2 heterocycles. The van der Waals surface area contributed by atoms with Crippen molar-refractivity contribution in [2.45, 2.75) is 0 Å². The van der Waals surface area contributed by atoms with Gasteiger partial charge in [0.2, 0.25) is 11.8 Å². The number of nitrogen functional groups attached to an aromatic ring is 1. The van der Waals surface area contributed by atoms with Gasteiger partial charge < -0.3 is 10.5 Å². The van der Waals surface area contributed by atoms with Crippen LogP contribution in [-0.4, -0.2) is 20.2 Å². The van der Waals surface area contributed by atoms with Crippen molar-refractivity contribution in [2.24, 2.45) is 0 Å². The molecule has 0 aliphatic heterocycles. The molecule has 92 valence electrons. The summed E-state index contributed by atoms with van der Waals surface area (Å²) in [4.78, 5) is 8.02. The maximum absolute atomic E-state index is 8.73. The molecular formula is C12H8N6O. The number of benzene rings is 1. The van der Waals surface area contributed by atoms with Gasteiger partial charge in [0.1, 0.15) is 11.1 Å². The first-order valence-electron chi connectivity index (χ1n) is 5.41. The van der Waals surface area contributed by atoms with Crippen molar-refractivity contribution in [3.05, 3.63) is 36.0 Å². The predicted octanol–water partition coefficient (Wildman–Crippen LogP) is 1.60. The number of ether oxygens (including phenoxy) is 1. The highest BCUT2D eigenvalue weighted by atomic mass is 16.5. The number of hydrogen-bond donors (Lipinski definition) is 2. The maximum atomic E-state index is 8.73. The van der Waals surface area contributed by atoms with Gasteiger partial charge in [-0.1, -0.05) is 0 Å². The molecule has 1 aromatic carbocycles. The van der Waals surface area contributed by atoms with E-state index in [1.807, 2.05) is 6.07 Å². The van der Waals surface area contributed by atoms with Gasteiger partial charge >= 0.3 is 0 Å². The lowest BCUT2D eigenvalue weighted by Gasteiger charge is -2.05. The third kappa shape index (κ3) is 2.02. The molecule has 2 aromatic heterocycles. The van der Waals surface area contributed by atoms with Crippen LogP contribution in [0.5, 0.6) is 11.6 Å². The van der Waals surface area contributed by atoms with E-state index >= 15 is 0 Å². The van der Waals surface area contributed by atoms with E-state index in [1.54, 1.807) is 30.5 Å². The highest BCUT2D eigenvalue weighted by Gasteiger charge is 2.10. The summed E-state index contributed by atoms with van der Waals surface area (Å²) in [5, 5.41) is 15.9. The van der Waals surface area contributed by atoms with E-state index in [9.17, 15) is 0 Å². The van der Waals surface area contributed by atoms with Crippen LogP contribution in [0, 0.1) is 11.3 Å². The fourth-order valence-electron chi connectivity index (χ4n) is 1.61. The maximum Gasteiger partial charge on any atom is 0.235 e. The Morgan fingerprint density at radius 3 is 2.74 bits per heavy atom. The van der Waals surface area contributed by atoms with Gasteiger partial charge in [-0.3, -0.25) is 5.10 Å². The number of anilines is 1. The van der Waals surface area contributed by atoms with E-state index in [4.69, 9.17) is 15.7 Å². The first-order chi connectivity index (χ1) is 9.26. The molecule has 0 saturated carbocycles. The number of aromatic nitrogens is 4. The van der Waals surface area contributed by atoms with Gasteiger partial charge in [0.15, 0.2) is 5.65 Å². The molecule has 0 aliphatic carbocycles. The minimum atomic E-state index is 0.0976. The standard InChI is InChI=1S/C12H8N6O/c13-5-7-1-3-8(4-2-7)19-11-9-6-15-18-10(9)16-12(14)17-11/h1-4,6H,(H3,14,15,16,17,18). The van der Waals surface area contributed by atoms with Crippen LogP contribution in [0.1, 0.15) is 5.56 Å². The molecule has 3 rings (SSSR count). The van der Waals surface area contributed by atoms with E-state index in [1.165, 1.54) is 0 Å². The van der Waals surface area contributed by atoms with Crippen LogP contribution in [-0.2, 0) is 0 Å². The van der Waals surface area contributed by atoms with Crippen LogP contribution in [0.15, 0.2) is 30.5 Å². The normalized spacial score (nSPS) is 10.3. The zero-order chi connectivity index (χ0) is 13.2. The molecule has 7 heteroatoms. The third-order valence-electron chi connectivity index (χ3n) is 2.49. The summed E-state index contributed by atoms with van der Waals surface area (Å²) in [5.74, 6) is 0.973. The van der Waals surface area contributed by atoms with Crippen molar-refractivity contribution in [1.82, 2.24) is 20.2 Å². The number of nitriles is 1. The molecule has 0 atom stereocenters. The zero-order valence-corrected chi connectivity index (χ0v) is 9.66. The largest absolute Gasteiger partial charge is 0.438 e. The van der Waals surface area contributed by atoms with Gasteiger partial charge in [0.25, 0.3) is 0 Å². The number of hydrogen-bond acceptors (Lipinski definition) is 6. The summed E-state index contributed by atoms with van der Waals surface area (Å²) >= 11 is 0. The van der Waals surface area contributed by atoms with Gasteiger partial charge in [-0.25, -0.2) is 0 Å². The van der Waals surface area contributed by atoms with Gasteiger partial charge in [0.05, 0.1) is 17.8 Å². The van der Waals surface area contributed by atoms with Crippen LogP contribution in [0.25, 0.3) is 11.0 Å². The first-order valence-corrected chi connectivity index (χ1v) is 5.41. The lowest BCUT2D eigenvalue weighted by Crippen LogP contribution is -1.98.